The van der Waals surface area contributed by atoms with Crippen LogP contribution >= 0.6 is 11.3 Å². The van der Waals surface area contributed by atoms with Crippen LogP contribution in [0, 0.1) is 0 Å². The highest BCUT2D eigenvalue weighted by Gasteiger charge is 2.18. The molecule has 1 N–H and O–H groups in total. The molecule has 0 radical (unpaired) electrons. The molecule has 0 bridgehead atoms. The number of hydrogen-bond donors (Lipinski definition) is 1. The van der Waals surface area contributed by atoms with Crippen molar-refractivity contribution in [1.29, 1.82) is 0 Å². The third kappa shape index (κ3) is 3.23. The molecule has 0 saturated heterocycles. The van der Waals surface area contributed by atoms with Crippen LogP contribution in [0.2, 0.25) is 0 Å². The SMILES string of the molecule is O=C1CCc2cc(C(=O)Cn3cnc4scc(-c5ccccc5)c4c3=O)ccc2N1. The second-order valence-electron chi connectivity index (χ2n) is 7.22. The quantitative estimate of drug-likeness (QED) is 0.513. The molecule has 0 aliphatic carbocycles. The van der Waals surface area contributed by atoms with E-state index in [1.165, 1.54) is 22.2 Å². The monoisotopic (exact) mass is 415 g/mol. The van der Waals surface area contributed by atoms with Crippen molar-refractivity contribution in [3.8, 4) is 11.1 Å². The third-order valence-corrected chi connectivity index (χ3v) is 6.17. The van der Waals surface area contributed by atoms with Crippen LogP contribution in [-0.4, -0.2) is 21.2 Å². The van der Waals surface area contributed by atoms with Crippen molar-refractivity contribution in [2.75, 3.05) is 5.32 Å². The molecule has 0 saturated carbocycles. The van der Waals surface area contributed by atoms with E-state index in [4.69, 9.17) is 0 Å². The molecule has 3 heterocycles. The number of benzene rings is 2. The van der Waals surface area contributed by atoms with Crippen molar-refractivity contribution in [3.63, 3.8) is 0 Å². The highest BCUT2D eigenvalue weighted by Crippen LogP contribution is 2.30. The second-order valence-corrected chi connectivity index (χ2v) is 8.07. The Kier molecular flexibility index (Phi) is 4.52. The number of fused-ring (bicyclic) bond motifs is 2. The van der Waals surface area contributed by atoms with E-state index in [9.17, 15) is 14.4 Å². The first-order valence-corrected chi connectivity index (χ1v) is 10.5. The van der Waals surface area contributed by atoms with Gasteiger partial charge < -0.3 is 5.32 Å². The normalized spacial score (nSPS) is 13.1. The molecule has 2 aromatic carbocycles. The first kappa shape index (κ1) is 18.4. The van der Waals surface area contributed by atoms with Crippen molar-refractivity contribution in [1.82, 2.24) is 9.55 Å². The third-order valence-electron chi connectivity index (χ3n) is 5.28. The number of Topliss-reactive ketones (excluding diaryl/α,β-unsaturated/α-hetero) is 1. The predicted octanol–water partition coefficient (Wildman–Crippen LogP) is 3.89. The Balaban J connectivity index is 1.49. The Hall–Kier alpha value is -3.58. The van der Waals surface area contributed by atoms with Gasteiger partial charge in [0.15, 0.2) is 5.78 Å². The number of hydrogen-bond acceptors (Lipinski definition) is 5. The average Bonchev–Trinajstić information content (AvgIpc) is 3.21. The fourth-order valence-electron chi connectivity index (χ4n) is 3.71. The minimum Gasteiger partial charge on any atom is -0.326 e. The molecule has 0 unspecified atom stereocenters. The maximum atomic E-state index is 13.1. The zero-order valence-corrected chi connectivity index (χ0v) is 16.7. The molecular weight excluding hydrogens is 398 g/mol. The van der Waals surface area contributed by atoms with Gasteiger partial charge in [-0.3, -0.25) is 19.0 Å². The number of rotatable bonds is 4. The van der Waals surface area contributed by atoms with Gasteiger partial charge in [-0.05, 0) is 35.7 Å². The van der Waals surface area contributed by atoms with E-state index >= 15 is 0 Å². The number of ketones is 1. The number of thiophene rings is 1. The summed E-state index contributed by atoms with van der Waals surface area (Å²) in [6.45, 7) is -0.0863. The summed E-state index contributed by atoms with van der Waals surface area (Å²) in [7, 11) is 0. The Morgan fingerprint density at radius 2 is 1.93 bits per heavy atom. The van der Waals surface area contributed by atoms with Gasteiger partial charge in [0, 0.05) is 28.6 Å². The van der Waals surface area contributed by atoms with E-state index in [0.717, 1.165) is 22.4 Å². The lowest BCUT2D eigenvalue weighted by Gasteiger charge is -2.17. The molecule has 30 heavy (non-hydrogen) atoms. The number of nitrogens with one attached hydrogen (secondary N) is 1. The van der Waals surface area contributed by atoms with Crippen LogP contribution in [0.1, 0.15) is 22.3 Å². The van der Waals surface area contributed by atoms with Gasteiger partial charge in [-0.25, -0.2) is 4.98 Å². The van der Waals surface area contributed by atoms with E-state index < -0.39 is 0 Å². The number of carbonyl (C=O) groups is 2. The molecule has 0 spiro atoms. The van der Waals surface area contributed by atoms with Crippen molar-refractivity contribution < 1.29 is 9.59 Å². The van der Waals surface area contributed by atoms with Crippen LogP contribution in [0.25, 0.3) is 21.3 Å². The maximum absolute atomic E-state index is 13.1. The summed E-state index contributed by atoms with van der Waals surface area (Å²) < 4.78 is 1.37. The first-order valence-electron chi connectivity index (χ1n) is 9.58. The molecule has 148 valence electrons. The summed E-state index contributed by atoms with van der Waals surface area (Å²) in [5, 5.41) is 5.28. The minimum atomic E-state index is -0.223. The molecule has 6 nitrogen and oxygen atoms in total. The number of anilines is 1. The summed E-state index contributed by atoms with van der Waals surface area (Å²) in [4.78, 5) is 42.6. The molecule has 0 fully saturated rings. The van der Waals surface area contributed by atoms with Gasteiger partial charge in [0.1, 0.15) is 4.83 Å². The van der Waals surface area contributed by atoms with E-state index in [2.05, 4.69) is 10.3 Å². The van der Waals surface area contributed by atoms with Gasteiger partial charge in [0.05, 0.1) is 18.3 Å². The molecule has 7 heteroatoms. The van der Waals surface area contributed by atoms with Crippen LogP contribution < -0.4 is 10.9 Å². The number of aryl methyl sites for hydroxylation is 1. The zero-order valence-electron chi connectivity index (χ0n) is 15.9. The molecule has 5 rings (SSSR count). The minimum absolute atomic E-state index is 0.0162. The molecule has 1 aliphatic heterocycles. The zero-order chi connectivity index (χ0) is 20.7. The highest BCUT2D eigenvalue weighted by atomic mass is 32.1. The van der Waals surface area contributed by atoms with Crippen molar-refractivity contribution in [2.24, 2.45) is 0 Å². The van der Waals surface area contributed by atoms with Crippen LogP contribution in [0.3, 0.4) is 0 Å². The Morgan fingerprint density at radius 3 is 2.77 bits per heavy atom. The molecule has 1 amide bonds. The Morgan fingerprint density at radius 1 is 1.10 bits per heavy atom. The van der Waals surface area contributed by atoms with E-state index in [1.807, 2.05) is 35.7 Å². The lowest BCUT2D eigenvalue weighted by Crippen LogP contribution is -2.25. The molecule has 2 aromatic heterocycles. The second kappa shape index (κ2) is 7.35. The number of amides is 1. The fourth-order valence-corrected chi connectivity index (χ4v) is 4.62. The van der Waals surface area contributed by atoms with Gasteiger partial charge in [-0.2, -0.15) is 0 Å². The smallest absolute Gasteiger partial charge is 0.263 e. The van der Waals surface area contributed by atoms with Gasteiger partial charge in [-0.1, -0.05) is 30.3 Å². The van der Waals surface area contributed by atoms with E-state index in [0.29, 0.717) is 28.6 Å². The van der Waals surface area contributed by atoms with Crippen molar-refractivity contribution >= 4 is 38.9 Å². The van der Waals surface area contributed by atoms with Crippen LogP contribution in [0.15, 0.2) is 65.0 Å². The van der Waals surface area contributed by atoms with Gasteiger partial charge in [-0.15, -0.1) is 11.3 Å². The molecule has 4 aromatic rings. The fraction of sp³-hybridized carbons (Fsp3) is 0.130. The van der Waals surface area contributed by atoms with Crippen LogP contribution in [0.4, 0.5) is 5.69 Å². The summed E-state index contributed by atoms with van der Waals surface area (Å²) in [6, 6.07) is 14.9. The summed E-state index contributed by atoms with van der Waals surface area (Å²) in [6.07, 6.45) is 2.45. The predicted molar refractivity (Wildman–Crippen MR) is 117 cm³/mol. The lowest BCUT2D eigenvalue weighted by molar-refractivity contribution is -0.116. The highest BCUT2D eigenvalue weighted by molar-refractivity contribution is 7.17. The Labute approximate surface area is 175 Å². The number of carbonyl (C=O) groups excluding carboxylic acids is 2. The summed E-state index contributed by atoms with van der Waals surface area (Å²) in [5.41, 5.74) is 3.76. The summed E-state index contributed by atoms with van der Waals surface area (Å²) >= 11 is 1.42. The number of aromatic nitrogens is 2. The van der Waals surface area contributed by atoms with Crippen LogP contribution in [0.5, 0.6) is 0 Å². The van der Waals surface area contributed by atoms with Gasteiger partial charge in [0.25, 0.3) is 5.56 Å². The van der Waals surface area contributed by atoms with Crippen LogP contribution in [-0.2, 0) is 17.8 Å². The van der Waals surface area contributed by atoms with E-state index in [1.54, 1.807) is 18.2 Å². The molecule has 0 atom stereocenters. The van der Waals surface area contributed by atoms with Crippen molar-refractivity contribution in [3.05, 3.63) is 81.7 Å². The number of nitrogens with zero attached hydrogens (tertiary/aromatic N) is 2. The standard InChI is InChI=1S/C23H17N3O3S/c27-19(16-6-8-18-15(10-16)7-9-20(28)25-18)11-26-13-24-22-21(23(26)29)17(12-30-22)14-4-2-1-3-5-14/h1-6,8,10,12-13H,7,9,11H2,(H,25,28). The average molecular weight is 415 g/mol. The first-order chi connectivity index (χ1) is 14.6. The largest absolute Gasteiger partial charge is 0.326 e. The topological polar surface area (TPSA) is 81.1 Å². The van der Waals surface area contributed by atoms with Gasteiger partial charge in [0.2, 0.25) is 5.91 Å². The maximum Gasteiger partial charge on any atom is 0.263 e. The summed E-state index contributed by atoms with van der Waals surface area (Å²) in [5.74, 6) is -0.188. The molecular formula is C23H17N3O3S. The Bertz CT molecular complexity index is 1360. The van der Waals surface area contributed by atoms with Gasteiger partial charge >= 0.3 is 0 Å². The van der Waals surface area contributed by atoms with Crippen molar-refractivity contribution in [2.45, 2.75) is 19.4 Å². The lowest BCUT2D eigenvalue weighted by atomic mass is 9.99. The van der Waals surface area contributed by atoms with E-state index in [-0.39, 0.29) is 23.8 Å². The molecule has 1 aliphatic rings.